The molecule has 0 unspecified atom stereocenters. The maximum atomic E-state index is 8.70. The first-order valence-corrected chi connectivity index (χ1v) is 4.67. The summed E-state index contributed by atoms with van der Waals surface area (Å²) in [4.78, 5) is 0. The molecular formula is C13H11N. The lowest BCUT2D eigenvalue weighted by Crippen LogP contribution is -1.86. The zero-order valence-electron chi connectivity index (χ0n) is 8.12. The number of nitriles is 1. The first-order chi connectivity index (χ1) is 6.83. The van der Waals surface area contributed by atoms with Crippen molar-refractivity contribution in [1.29, 1.82) is 5.26 Å². The van der Waals surface area contributed by atoms with Gasteiger partial charge in [0, 0.05) is 0 Å². The molecule has 0 spiro atoms. The molecule has 0 bridgehead atoms. The van der Waals surface area contributed by atoms with Gasteiger partial charge in [-0.2, -0.15) is 5.26 Å². The maximum Gasteiger partial charge on any atom is 0.0669 e. The molecule has 2 rings (SSSR count). The zero-order chi connectivity index (χ0) is 9.97. The van der Waals surface area contributed by atoms with Crippen LogP contribution in [0.25, 0.3) is 10.8 Å². The highest BCUT2D eigenvalue weighted by Crippen LogP contribution is 2.22. The first-order valence-electron chi connectivity index (χ1n) is 4.67. The van der Waals surface area contributed by atoms with Crippen LogP contribution >= 0.6 is 0 Å². The van der Waals surface area contributed by atoms with Gasteiger partial charge in [-0.1, -0.05) is 36.4 Å². The highest BCUT2D eigenvalue weighted by Gasteiger charge is 2.01. The molecule has 0 aliphatic heterocycles. The topological polar surface area (TPSA) is 23.8 Å². The lowest BCUT2D eigenvalue weighted by Gasteiger charge is -2.05. The first kappa shape index (κ1) is 8.77. The summed E-state index contributed by atoms with van der Waals surface area (Å²) in [6, 6.07) is 14.5. The van der Waals surface area contributed by atoms with Crippen LogP contribution in [0.3, 0.4) is 0 Å². The molecular weight excluding hydrogens is 170 g/mol. The molecule has 0 fully saturated rings. The number of nitrogens with zero attached hydrogens (tertiary/aromatic N) is 1. The molecule has 0 radical (unpaired) electrons. The smallest absolute Gasteiger partial charge is 0.0669 e. The van der Waals surface area contributed by atoms with Crippen LogP contribution in [-0.2, 0) is 6.42 Å². The normalized spacial score (nSPS) is 10.0. The van der Waals surface area contributed by atoms with Crippen molar-refractivity contribution in [2.24, 2.45) is 0 Å². The quantitative estimate of drug-likeness (QED) is 0.662. The van der Waals surface area contributed by atoms with E-state index < -0.39 is 0 Å². The zero-order valence-corrected chi connectivity index (χ0v) is 8.12. The average molecular weight is 181 g/mol. The van der Waals surface area contributed by atoms with Gasteiger partial charge < -0.3 is 0 Å². The van der Waals surface area contributed by atoms with E-state index in [0.29, 0.717) is 6.42 Å². The molecule has 0 heterocycles. The van der Waals surface area contributed by atoms with E-state index in [1.807, 2.05) is 18.2 Å². The highest BCUT2D eigenvalue weighted by molar-refractivity contribution is 5.88. The Kier molecular flexibility index (Phi) is 2.20. The minimum atomic E-state index is 0.487. The third-order valence-electron chi connectivity index (χ3n) is 2.50. The summed E-state index contributed by atoms with van der Waals surface area (Å²) in [5.41, 5.74) is 2.39. The molecule has 2 aromatic rings. The molecule has 0 aromatic heterocycles. The van der Waals surface area contributed by atoms with Crippen molar-refractivity contribution in [2.75, 3.05) is 0 Å². The molecule has 0 N–H and O–H groups in total. The van der Waals surface area contributed by atoms with E-state index in [0.717, 1.165) is 5.56 Å². The Labute approximate surface area is 83.6 Å². The van der Waals surface area contributed by atoms with Gasteiger partial charge in [0.15, 0.2) is 0 Å². The van der Waals surface area contributed by atoms with Crippen LogP contribution in [-0.4, -0.2) is 0 Å². The fourth-order valence-electron chi connectivity index (χ4n) is 1.75. The van der Waals surface area contributed by atoms with Gasteiger partial charge in [-0.3, -0.25) is 0 Å². The molecule has 0 saturated heterocycles. The van der Waals surface area contributed by atoms with Crippen LogP contribution in [0.5, 0.6) is 0 Å². The number of hydrogen-bond acceptors (Lipinski definition) is 1. The van der Waals surface area contributed by atoms with Crippen LogP contribution in [0.4, 0.5) is 0 Å². The lowest BCUT2D eigenvalue weighted by atomic mass is 9.99. The second kappa shape index (κ2) is 3.51. The Morgan fingerprint density at radius 1 is 1.07 bits per heavy atom. The molecule has 0 saturated carbocycles. The van der Waals surface area contributed by atoms with Crippen LogP contribution in [0.2, 0.25) is 0 Å². The minimum Gasteiger partial charge on any atom is -0.198 e. The summed E-state index contributed by atoms with van der Waals surface area (Å²) >= 11 is 0. The SMILES string of the molecule is Cc1ccc(CC#N)c2ccccc12. The Morgan fingerprint density at radius 2 is 1.79 bits per heavy atom. The maximum absolute atomic E-state index is 8.70. The van der Waals surface area contributed by atoms with Gasteiger partial charge in [-0.25, -0.2) is 0 Å². The van der Waals surface area contributed by atoms with Crippen molar-refractivity contribution in [3.63, 3.8) is 0 Å². The monoisotopic (exact) mass is 181 g/mol. The fraction of sp³-hybridized carbons (Fsp3) is 0.154. The minimum absolute atomic E-state index is 0.487. The van der Waals surface area contributed by atoms with E-state index >= 15 is 0 Å². The third-order valence-corrected chi connectivity index (χ3v) is 2.50. The third kappa shape index (κ3) is 1.36. The molecule has 0 amide bonds. The molecule has 2 aromatic carbocycles. The molecule has 0 atom stereocenters. The van der Waals surface area contributed by atoms with E-state index in [2.05, 4.69) is 31.2 Å². The van der Waals surface area contributed by atoms with Crippen molar-refractivity contribution >= 4 is 10.8 Å². The Bertz CT molecular complexity index is 506. The summed E-state index contributed by atoms with van der Waals surface area (Å²) in [6.07, 6.45) is 0.487. The van der Waals surface area contributed by atoms with Crippen molar-refractivity contribution in [3.8, 4) is 6.07 Å². The van der Waals surface area contributed by atoms with Gasteiger partial charge in [0.25, 0.3) is 0 Å². The molecule has 0 aliphatic rings. The van der Waals surface area contributed by atoms with E-state index in [1.54, 1.807) is 0 Å². The predicted octanol–water partition coefficient (Wildman–Crippen LogP) is 3.21. The Balaban J connectivity index is 2.76. The van der Waals surface area contributed by atoms with Crippen molar-refractivity contribution in [1.82, 2.24) is 0 Å². The average Bonchev–Trinajstić information content (AvgIpc) is 2.23. The second-order valence-corrected chi connectivity index (χ2v) is 3.42. The van der Waals surface area contributed by atoms with Crippen LogP contribution in [0.1, 0.15) is 11.1 Å². The van der Waals surface area contributed by atoms with E-state index in [9.17, 15) is 0 Å². The van der Waals surface area contributed by atoms with E-state index in [1.165, 1.54) is 16.3 Å². The van der Waals surface area contributed by atoms with Gasteiger partial charge in [-0.15, -0.1) is 0 Å². The largest absolute Gasteiger partial charge is 0.198 e. The van der Waals surface area contributed by atoms with Gasteiger partial charge in [-0.05, 0) is 28.8 Å². The second-order valence-electron chi connectivity index (χ2n) is 3.42. The summed E-state index contributed by atoms with van der Waals surface area (Å²) in [6.45, 7) is 2.10. The Hall–Kier alpha value is -1.81. The highest BCUT2D eigenvalue weighted by atomic mass is 14.2. The number of fused-ring (bicyclic) bond motifs is 1. The fourth-order valence-corrected chi connectivity index (χ4v) is 1.75. The predicted molar refractivity (Wildman–Crippen MR) is 58.0 cm³/mol. The summed E-state index contributed by atoms with van der Waals surface area (Å²) in [5.74, 6) is 0. The molecule has 0 aliphatic carbocycles. The number of benzene rings is 2. The number of rotatable bonds is 1. The molecule has 1 nitrogen and oxygen atoms in total. The van der Waals surface area contributed by atoms with Gasteiger partial charge in [0.2, 0.25) is 0 Å². The van der Waals surface area contributed by atoms with Crippen molar-refractivity contribution < 1.29 is 0 Å². The summed E-state index contributed by atoms with van der Waals surface area (Å²) in [7, 11) is 0. The summed E-state index contributed by atoms with van der Waals surface area (Å²) < 4.78 is 0. The number of aryl methyl sites for hydroxylation is 1. The molecule has 68 valence electrons. The van der Waals surface area contributed by atoms with Crippen LogP contribution < -0.4 is 0 Å². The van der Waals surface area contributed by atoms with E-state index in [-0.39, 0.29) is 0 Å². The lowest BCUT2D eigenvalue weighted by molar-refractivity contribution is 1.28. The van der Waals surface area contributed by atoms with Crippen molar-refractivity contribution in [2.45, 2.75) is 13.3 Å². The molecule has 1 heteroatoms. The molecule has 14 heavy (non-hydrogen) atoms. The van der Waals surface area contributed by atoms with Gasteiger partial charge >= 0.3 is 0 Å². The van der Waals surface area contributed by atoms with Gasteiger partial charge in [0.1, 0.15) is 0 Å². The van der Waals surface area contributed by atoms with Crippen LogP contribution in [0.15, 0.2) is 36.4 Å². The van der Waals surface area contributed by atoms with Gasteiger partial charge in [0.05, 0.1) is 12.5 Å². The van der Waals surface area contributed by atoms with Crippen LogP contribution in [0, 0.1) is 18.3 Å². The number of hydrogen-bond donors (Lipinski definition) is 0. The van der Waals surface area contributed by atoms with E-state index in [4.69, 9.17) is 5.26 Å². The van der Waals surface area contributed by atoms with Crippen molar-refractivity contribution in [3.05, 3.63) is 47.5 Å². The standard InChI is InChI=1S/C13H11N/c1-10-6-7-11(8-9-14)13-5-3-2-4-12(10)13/h2-7H,8H2,1H3. The summed E-state index contributed by atoms with van der Waals surface area (Å²) in [5, 5.41) is 11.2. The Morgan fingerprint density at radius 3 is 2.50 bits per heavy atom.